The zero-order valence-electron chi connectivity index (χ0n) is 15.9. The lowest BCUT2D eigenvalue weighted by Crippen LogP contribution is -3.19. The number of hydrogen-bond donors (Lipinski definition) is 2. The van der Waals surface area contributed by atoms with Crippen molar-refractivity contribution in [3.63, 3.8) is 0 Å². The third-order valence-electron chi connectivity index (χ3n) is 5.11. The van der Waals surface area contributed by atoms with E-state index in [1.807, 2.05) is 0 Å². The van der Waals surface area contributed by atoms with Crippen LogP contribution in [0.5, 0.6) is 0 Å². The Hall–Kier alpha value is -2.82. The molecule has 1 heterocycles. The molecule has 2 aromatic carbocycles. The molecule has 10 heteroatoms. The summed E-state index contributed by atoms with van der Waals surface area (Å²) in [4.78, 5) is 24.4. The fourth-order valence-corrected chi connectivity index (χ4v) is 4.82. The summed E-state index contributed by atoms with van der Waals surface area (Å²) < 4.78 is 26.9. The number of amides is 1. The molecule has 2 N–H and O–H groups in total. The number of carbonyl (C=O) groups is 1. The van der Waals surface area contributed by atoms with Gasteiger partial charge >= 0.3 is 0 Å². The molecular formula is C19H23N4O5S+. The number of benzene rings is 2. The van der Waals surface area contributed by atoms with Crippen molar-refractivity contribution >= 4 is 27.3 Å². The number of rotatable bonds is 6. The summed E-state index contributed by atoms with van der Waals surface area (Å²) in [6, 6.07) is 13.8. The summed E-state index contributed by atoms with van der Waals surface area (Å²) in [5.74, 6) is -0.339. The lowest BCUT2D eigenvalue weighted by atomic mass is 10.2. The number of anilines is 1. The molecule has 3 rings (SSSR count). The van der Waals surface area contributed by atoms with Gasteiger partial charge in [0.2, 0.25) is 10.0 Å². The number of nitrogens with one attached hydrogen (secondary N) is 2. The van der Waals surface area contributed by atoms with Crippen LogP contribution < -0.4 is 10.2 Å². The number of carbonyl (C=O) groups excluding carboxylic acids is 1. The largest absolute Gasteiger partial charge is 0.323 e. The van der Waals surface area contributed by atoms with Crippen molar-refractivity contribution < 1.29 is 23.0 Å². The highest BCUT2D eigenvalue weighted by atomic mass is 32.2. The number of piperazine rings is 1. The zero-order valence-corrected chi connectivity index (χ0v) is 16.8. The van der Waals surface area contributed by atoms with Gasteiger partial charge in [0, 0.05) is 6.07 Å². The topological polar surface area (TPSA) is 114 Å². The number of nitrogens with zero attached hydrogens (tertiary/aromatic N) is 2. The monoisotopic (exact) mass is 419 g/mol. The first-order valence-electron chi connectivity index (χ1n) is 9.25. The van der Waals surface area contributed by atoms with Crippen molar-refractivity contribution in [2.75, 3.05) is 31.5 Å². The predicted octanol–water partition coefficient (Wildman–Crippen LogP) is 0.511. The van der Waals surface area contributed by atoms with E-state index in [0.29, 0.717) is 26.2 Å². The summed E-state index contributed by atoms with van der Waals surface area (Å²) in [7, 11) is -3.55. The molecule has 1 fully saturated rings. The first kappa shape index (κ1) is 20.9. The molecule has 1 aliphatic heterocycles. The van der Waals surface area contributed by atoms with E-state index in [4.69, 9.17) is 0 Å². The molecular weight excluding hydrogens is 396 g/mol. The Morgan fingerprint density at radius 3 is 2.31 bits per heavy atom. The Morgan fingerprint density at radius 2 is 1.69 bits per heavy atom. The van der Waals surface area contributed by atoms with Crippen LogP contribution in [-0.2, 0) is 14.8 Å². The van der Waals surface area contributed by atoms with Gasteiger partial charge in [-0.1, -0.05) is 30.3 Å². The SMILES string of the molecule is C[C@H](C(=O)Nc1ccccc1[N+](=O)[O-])[NH+]1CCN(S(=O)(=O)c2ccccc2)CC1. The fourth-order valence-electron chi connectivity index (χ4n) is 3.35. The number of para-hydroxylation sites is 2. The van der Waals surface area contributed by atoms with Gasteiger partial charge in [-0.15, -0.1) is 0 Å². The van der Waals surface area contributed by atoms with E-state index in [2.05, 4.69) is 5.32 Å². The molecule has 0 aliphatic carbocycles. The Kier molecular flexibility index (Phi) is 6.26. The van der Waals surface area contributed by atoms with Gasteiger partial charge in [-0.25, -0.2) is 8.42 Å². The van der Waals surface area contributed by atoms with E-state index in [0.717, 1.165) is 4.90 Å². The van der Waals surface area contributed by atoms with E-state index in [1.165, 1.54) is 22.5 Å². The Labute approximate surface area is 169 Å². The van der Waals surface area contributed by atoms with Crippen LogP contribution in [0.2, 0.25) is 0 Å². The average Bonchev–Trinajstić information content (AvgIpc) is 2.74. The van der Waals surface area contributed by atoms with E-state index in [1.54, 1.807) is 43.3 Å². The van der Waals surface area contributed by atoms with Gasteiger partial charge in [0.05, 0.1) is 36.0 Å². The second-order valence-corrected chi connectivity index (χ2v) is 8.80. The number of nitro benzene ring substituents is 1. The van der Waals surface area contributed by atoms with Gasteiger partial charge in [0.15, 0.2) is 6.04 Å². The van der Waals surface area contributed by atoms with E-state index in [9.17, 15) is 23.3 Å². The van der Waals surface area contributed by atoms with Crippen LogP contribution in [-0.4, -0.2) is 55.8 Å². The van der Waals surface area contributed by atoms with Gasteiger partial charge in [-0.3, -0.25) is 14.9 Å². The van der Waals surface area contributed by atoms with Crippen molar-refractivity contribution in [1.82, 2.24) is 4.31 Å². The summed E-state index contributed by atoms with van der Waals surface area (Å²) in [5, 5.41) is 13.7. The molecule has 0 spiro atoms. The minimum atomic E-state index is -3.55. The van der Waals surface area contributed by atoms with Crippen LogP contribution in [0.1, 0.15) is 6.92 Å². The van der Waals surface area contributed by atoms with Gasteiger partial charge in [-0.2, -0.15) is 4.31 Å². The first-order chi connectivity index (χ1) is 13.8. The smallest absolute Gasteiger partial charge is 0.292 e. The van der Waals surface area contributed by atoms with Crippen LogP contribution in [0.4, 0.5) is 11.4 Å². The van der Waals surface area contributed by atoms with Crippen molar-refractivity contribution in [3.8, 4) is 0 Å². The van der Waals surface area contributed by atoms with Crippen LogP contribution in [0, 0.1) is 10.1 Å². The summed E-state index contributed by atoms with van der Waals surface area (Å²) in [6.45, 7) is 3.28. The van der Waals surface area contributed by atoms with Crippen LogP contribution in [0.25, 0.3) is 0 Å². The first-order valence-corrected chi connectivity index (χ1v) is 10.7. The van der Waals surface area contributed by atoms with Gasteiger partial charge in [0.1, 0.15) is 5.69 Å². The Bertz CT molecular complexity index is 989. The molecule has 1 atom stereocenters. The van der Waals surface area contributed by atoms with Crippen molar-refractivity contribution in [1.29, 1.82) is 0 Å². The van der Waals surface area contributed by atoms with Crippen LogP contribution >= 0.6 is 0 Å². The lowest BCUT2D eigenvalue weighted by molar-refractivity contribution is -0.917. The fraction of sp³-hybridized carbons (Fsp3) is 0.316. The van der Waals surface area contributed by atoms with E-state index in [-0.39, 0.29) is 22.2 Å². The third kappa shape index (κ3) is 4.61. The summed E-state index contributed by atoms with van der Waals surface area (Å²) in [5.41, 5.74) is -0.0131. The normalized spacial score (nSPS) is 16.9. The number of sulfonamides is 1. The number of nitro groups is 1. The van der Waals surface area contributed by atoms with Gasteiger partial charge in [-0.05, 0) is 25.1 Å². The van der Waals surface area contributed by atoms with Gasteiger partial charge < -0.3 is 10.2 Å². The molecule has 1 amide bonds. The third-order valence-corrected chi connectivity index (χ3v) is 7.02. The number of quaternary nitrogens is 1. The quantitative estimate of drug-likeness (QED) is 0.523. The molecule has 0 saturated carbocycles. The molecule has 0 aromatic heterocycles. The average molecular weight is 419 g/mol. The zero-order chi connectivity index (χ0) is 21.0. The van der Waals surface area contributed by atoms with Crippen molar-refractivity contribution in [2.45, 2.75) is 17.9 Å². The maximum atomic E-state index is 12.7. The summed E-state index contributed by atoms with van der Waals surface area (Å²) in [6.07, 6.45) is 0. The maximum absolute atomic E-state index is 12.7. The second-order valence-electron chi connectivity index (χ2n) is 6.86. The molecule has 2 aromatic rings. The molecule has 0 radical (unpaired) electrons. The highest BCUT2D eigenvalue weighted by Crippen LogP contribution is 2.23. The minimum absolute atomic E-state index is 0.152. The molecule has 0 unspecified atom stereocenters. The molecule has 1 saturated heterocycles. The number of hydrogen-bond acceptors (Lipinski definition) is 5. The second kappa shape index (κ2) is 8.68. The Morgan fingerprint density at radius 1 is 1.10 bits per heavy atom. The van der Waals surface area contributed by atoms with Crippen LogP contribution in [0.3, 0.4) is 0 Å². The molecule has 9 nitrogen and oxygen atoms in total. The van der Waals surface area contributed by atoms with Crippen molar-refractivity contribution in [2.24, 2.45) is 0 Å². The highest BCUT2D eigenvalue weighted by molar-refractivity contribution is 7.89. The summed E-state index contributed by atoms with van der Waals surface area (Å²) >= 11 is 0. The van der Waals surface area contributed by atoms with E-state index >= 15 is 0 Å². The van der Waals surface area contributed by atoms with Crippen molar-refractivity contribution in [3.05, 3.63) is 64.7 Å². The van der Waals surface area contributed by atoms with Crippen LogP contribution in [0.15, 0.2) is 59.5 Å². The highest BCUT2D eigenvalue weighted by Gasteiger charge is 2.34. The maximum Gasteiger partial charge on any atom is 0.292 e. The predicted molar refractivity (Wildman–Crippen MR) is 107 cm³/mol. The molecule has 29 heavy (non-hydrogen) atoms. The molecule has 154 valence electrons. The van der Waals surface area contributed by atoms with E-state index < -0.39 is 21.0 Å². The minimum Gasteiger partial charge on any atom is -0.323 e. The van der Waals surface area contributed by atoms with Gasteiger partial charge in [0.25, 0.3) is 11.6 Å². The molecule has 1 aliphatic rings. The standard InChI is InChI=1S/C19H22N4O5S/c1-15(19(24)20-17-9-5-6-10-18(17)23(25)26)21-11-13-22(14-12-21)29(27,28)16-7-3-2-4-8-16/h2-10,15H,11-14H2,1H3,(H,20,24)/p+1/t15-/m1/s1. The molecule has 0 bridgehead atoms. The Balaban J connectivity index is 1.62. The lowest BCUT2D eigenvalue weighted by Gasteiger charge is -2.34.